The Morgan fingerprint density at radius 3 is 2.30 bits per heavy atom. The van der Waals surface area contributed by atoms with Crippen molar-refractivity contribution in [2.45, 2.75) is 12.2 Å². The molecule has 0 spiro atoms. The molecule has 3 saturated heterocycles. The average Bonchev–Trinajstić information content (AvgIpc) is 2.54. The van der Waals surface area contributed by atoms with Gasteiger partial charge in [0.15, 0.2) is 0 Å². The zero-order valence-corrected chi connectivity index (χ0v) is 12.6. The van der Waals surface area contributed by atoms with Crippen molar-refractivity contribution >= 4 is 11.7 Å². The van der Waals surface area contributed by atoms with E-state index in [-0.39, 0.29) is 0 Å². The first kappa shape index (κ1) is 16.1. The smallest absolute Gasteiger partial charge is 0.336 e. The Morgan fingerprint density at radius 2 is 1.78 bits per heavy atom. The van der Waals surface area contributed by atoms with E-state index >= 15 is 0 Å². The molecule has 126 valence electrons. The molecule has 0 aliphatic carbocycles. The monoisotopic (exact) mass is 328 g/mol. The fourth-order valence-corrected chi connectivity index (χ4v) is 3.05. The van der Waals surface area contributed by atoms with E-state index in [9.17, 15) is 18.0 Å². The Bertz CT molecular complexity index is 553. The molecule has 3 aliphatic rings. The summed E-state index contributed by atoms with van der Waals surface area (Å²) in [6, 6.07) is 4.31. The van der Waals surface area contributed by atoms with Crippen LogP contribution in [0.2, 0.25) is 0 Å². The van der Waals surface area contributed by atoms with Gasteiger partial charge in [0.2, 0.25) is 0 Å². The Morgan fingerprint density at radius 1 is 1.13 bits per heavy atom. The van der Waals surface area contributed by atoms with E-state index in [4.69, 9.17) is 0 Å². The number of hydrogen-bond acceptors (Lipinski definition) is 3. The molecule has 3 heterocycles. The minimum Gasteiger partial charge on any atom is -0.336 e. The second kappa shape index (κ2) is 6.37. The van der Waals surface area contributed by atoms with Crippen molar-refractivity contribution < 1.29 is 18.0 Å². The number of benzene rings is 1. The number of carbonyl (C=O) groups is 1. The zero-order chi connectivity index (χ0) is 16.4. The number of urea groups is 1. The molecular weight excluding hydrogens is 309 g/mol. The molecule has 4 rings (SSSR count). The normalized spacial score (nSPS) is 26.8. The lowest BCUT2D eigenvalue weighted by atomic mass is 10.1. The molecule has 3 fully saturated rings. The van der Waals surface area contributed by atoms with Gasteiger partial charge in [-0.15, -0.1) is 0 Å². The molecule has 3 aliphatic heterocycles. The summed E-state index contributed by atoms with van der Waals surface area (Å²) in [6.07, 6.45) is -4.37. The van der Waals surface area contributed by atoms with Gasteiger partial charge >= 0.3 is 12.2 Å². The van der Waals surface area contributed by atoms with Crippen LogP contribution in [0, 0.1) is 0 Å². The Balaban J connectivity index is 1.48. The maximum absolute atomic E-state index is 12.5. The molecule has 1 aromatic carbocycles. The third kappa shape index (κ3) is 3.94. The summed E-state index contributed by atoms with van der Waals surface area (Å²) < 4.78 is 37.4. The number of piperazine rings is 3. The first-order chi connectivity index (χ1) is 10.9. The largest absolute Gasteiger partial charge is 0.416 e. The Kier molecular flexibility index (Phi) is 4.45. The minimum atomic E-state index is -4.37. The van der Waals surface area contributed by atoms with Crippen LogP contribution in [-0.4, -0.2) is 61.1 Å². The molecule has 2 amide bonds. The number of fused-ring (bicyclic) bond motifs is 3. The summed E-state index contributed by atoms with van der Waals surface area (Å²) in [4.78, 5) is 16.6. The van der Waals surface area contributed by atoms with Crippen molar-refractivity contribution in [3.8, 4) is 0 Å². The first-order valence-corrected chi connectivity index (χ1v) is 7.60. The van der Waals surface area contributed by atoms with Crippen LogP contribution in [0.1, 0.15) is 5.56 Å². The third-order valence-electron chi connectivity index (χ3n) is 4.36. The summed E-state index contributed by atoms with van der Waals surface area (Å²) in [5.74, 6) is 0. The van der Waals surface area contributed by atoms with E-state index < -0.39 is 17.8 Å². The van der Waals surface area contributed by atoms with Crippen molar-refractivity contribution in [3.63, 3.8) is 0 Å². The molecule has 2 bridgehead atoms. The van der Waals surface area contributed by atoms with Crippen LogP contribution in [0.5, 0.6) is 0 Å². The van der Waals surface area contributed by atoms with E-state index in [1.807, 2.05) is 0 Å². The van der Waals surface area contributed by atoms with Gasteiger partial charge in [0, 0.05) is 51.0 Å². The molecule has 1 aromatic rings. The number of anilines is 1. The number of nitrogens with zero attached hydrogens (tertiary/aromatic N) is 2. The van der Waals surface area contributed by atoms with Gasteiger partial charge in [-0.1, -0.05) is 0 Å². The summed E-state index contributed by atoms with van der Waals surface area (Å²) in [5.41, 5.74) is -0.395. The summed E-state index contributed by atoms with van der Waals surface area (Å²) in [7, 11) is 0. The van der Waals surface area contributed by atoms with E-state index in [0.29, 0.717) is 18.3 Å². The molecule has 0 aromatic heterocycles. The van der Waals surface area contributed by atoms with Crippen LogP contribution in [0.4, 0.5) is 23.7 Å². The molecule has 0 radical (unpaired) electrons. The van der Waals surface area contributed by atoms with Crippen LogP contribution in [0.3, 0.4) is 0 Å². The van der Waals surface area contributed by atoms with Crippen molar-refractivity contribution in [2.24, 2.45) is 0 Å². The molecule has 23 heavy (non-hydrogen) atoms. The maximum Gasteiger partial charge on any atom is 0.416 e. The highest BCUT2D eigenvalue weighted by atomic mass is 19.4. The molecule has 1 unspecified atom stereocenters. The first-order valence-electron chi connectivity index (χ1n) is 7.60. The van der Waals surface area contributed by atoms with Crippen molar-refractivity contribution in [1.82, 2.24) is 15.1 Å². The van der Waals surface area contributed by atoms with Gasteiger partial charge in [-0.25, -0.2) is 4.79 Å². The van der Waals surface area contributed by atoms with Crippen LogP contribution in [-0.2, 0) is 6.18 Å². The van der Waals surface area contributed by atoms with Gasteiger partial charge in [0.05, 0.1) is 5.56 Å². The van der Waals surface area contributed by atoms with Crippen LogP contribution >= 0.6 is 0 Å². The van der Waals surface area contributed by atoms with E-state index in [2.05, 4.69) is 20.4 Å². The van der Waals surface area contributed by atoms with Gasteiger partial charge < -0.3 is 10.6 Å². The number of halogens is 3. The highest BCUT2D eigenvalue weighted by Crippen LogP contribution is 2.29. The number of hydrogen-bond donors (Lipinski definition) is 2. The number of amides is 2. The number of carbonyl (C=O) groups excluding carboxylic acids is 1. The summed E-state index contributed by atoms with van der Waals surface area (Å²) >= 11 is 0. The predicted molar refractivity (Wildman–Crippen MR) is 80.3 cm³/mol. The van der Waals surface area contributed by atoms with Crippen LogP contribution in [0.15, 0.2) is 24.3 Å². The second-order valence-electron chi connectivity index (χ2n) is 5.90. The second-order valence-corrected chi connectivity index (χ2v) is 5.90. The SMILES string of the molecule is O=C(NCC1CN2CCN1CC2)Nc1ccc(C(F)(F)F)cc1. The zero-order valence-electron chi connectivity index (χ0n) is 12.6. The molecule has 2 N–H and O–H groups in total. The predicted octanol–water partition coefficient (Wildman–Crippen LogP) is 1.83. The quantitative estimate of drug-likeness (QED) is 0.890. The standard InChI is InChI=1S/C15H19F3N4O/c16-15(17,18)11-1-3-12(4-2-11)20-14(23)19-9-13-10-21-5-7-22(13)8-6-21/h1-4,13H,5-10H2,(H2,19,20,23). The number of alkyl halides is 3. The van der Waals surface area contributed by atoms with Crippen LogP contribution < -0.4 is 10.6 Å². The summed E-state index contributed by atoms with van der Waals surface area (Å²) in [6.45, 7) is 5.67. The van der Waals surface area contributed by atoms with Crippen molar-refractivity contribution in [2.75, 3.05) is 44.6 Å². The topological polar surface area (TPSA) is 47.6 Å². The fourth-order valence-electron chi connectivity index (χ4n) is 3.05. The van der Waals surface area contributed by atoms with Gasteiger partial charge in [0.1, 0.15) is 0 Å². The maximum atomic E-state index is 12.5. The van der Waals surface area contributed by atoms with E-state index in [0.717, 1.165) is 44.9 Å². The van der Waals surface area contributed by atoms with Gasteiger partial charge in [-0.2, -0.15) is 13.2 Å². The lowest BCUT2D eigenvalue weighted by molar-refractivity contribution is -0.137. The molecule has 8 heteroatoms. The average molecular weight is 328 g/mol. The van der Waals surface area contributed by atoms with Crippen molar-refractivity contribution in [1.29, 1.82) is 0 Å². The van der Waals surface area contributed by atoms with Gasteiger partial charge in [-0.3, -0.25) is 9.80 Å². The molecule has 0 saturated carbocycles. The highest BCUT2D eigenvalue weighted by Gasteiger charge is 2.32. The molecule has 5 nitrogen and oxygen atoms in total. The van der Waals surface area contributed by atoms with E-state index in [1.165, 1.54) is 12.1 Å². The lowest BCUT2D eigenvalue weighted by Crippen LogP contribution is -2.63. The van der Waals surface area contributed by atoms with E-state index in [1.54, 1.807) is 0 Å². The van der Waals surface area contributed by atoms with Crippen LogP contribution in [0.25, 0.3) is 0 Å². The third-order valence-corrected chi connectivity index (χ3v) is 4.36. The Labute approximate surface area is 132 Å². The summed E-state index contributed by atoms with van der Waals surface area (Å²) in [5, 5.41) is 5.34. The van der Waals surface area contributed by atoms with Gasteiger partial charge in [0.25, 0.3) is 0 Å². The lowest BCUT2D eigenvalue weighted by Gasteiger charge is -2.47. The minimum absolute atomic E-state index is 0.302. The number of nitrogens with one attached hydrogen (secondary N) is 2. The molecular formula is C15H19F3N4O. The Hall–Kier alpha value is -1.80. The van der Waals surface area contributed by atoms with Gasteiger partial charge in [-0.05, 0) is 24.3 Å². The highest BCUT2D eigenvalue weighted by molar-refractivity contribution is 5.89. The fraction of sp³-hybridized carbons (Fsp3) is 0.533. The van der Waals surface area contributed by atoms with Crippen molar-refractivity contribution in [3.05, 3.63) is 29.8 Å². The molecule has 1 atom stereocenters. The number of rotatable bonds is 3.